The maximum Gasteiger partial charge on any atom is 0.143 e. The number of halogens is 1. The van der Waals surface area contributed by atoms with Gasteiger partial charge in [0.25, 0.3) is 0 Å². The first kappa shape index (κ1) is 10.4. The number of hydrogen-bond acceptors (Lipinski definition) is 2. The molecule has 2 heterocycles. The molecule has 17 heavy (non-hydrogen) atoms. The lowest BCUT2D eigenvalue weighted by atomic mass is 10.1. The van der Waals surface area contributed by atoms with Crippen molar-refractivity contribution in [3.05, 3.63) is 40.7 Å². The van der Waals surface area contributed by atoms with Crippen LogP contribution >= 0.6 is 11.6 Å². The smallest absolute Gasteiger partial charge is 0.143 e. The lowest BCUT2D eigenvalue weighted by Crippen LogP contribution is -1.80. The minimum atomic E-state index is 0.738. The molecule has 0 amide bonds. The van der Waals surface area contributed by atoms with E-state index < -0.39 is 0 Å². The van der Waals surface area contributed by atoms with Gasteiger partial charge < -0.3 is 9.51 Å². The van der Waals surface area contributed by atoms with Gasteiger partial charge in [-0.3, -0.25) is 0 Å². The van der Waals surface area contributed by atoms with Gasteiger partial charge in [-0.1, -0.05) is 16.8 Å². The van der Waals surface area contributed by atoms with Crippen LogP contribution < -0.4 is 0 Å². The van der Waals surface area contributed by atoms with Gasteiger partial charge >= 0.3 is 0 Å². The van der Waals surface area contributed by atoms with E-state index in [2.05, 4.69) is 16.2 Å². The van der Waals surface area contributed by atoms with Crippen LogP contribution in [0.3, 0.4) is 0 Å². The lowest BCUT2D eigenvalue weighted by Gasteiger charge is -1.94. The second-order valence-electron chi connectivity index (χ2n) is 4.11. The third kappa shape index (κ3) is 1.63. The zero-order valence-electron chi connectivity index (χ0n) is 9.54. The predicted molar refractivity (Wildman–Crippen MR) is 68.3 cm³/mol. The molecule has 1 N–H and O–H groups in total. The van der Waals surface area contributed by atoms with Gasteiger partial charge in [-0.05, 0) is 38.1 Å². The van der Waals surface area contributed by atoms with Crippen molar-refractivity contribution in [3.63, 3.8) is 0 Å². The zero-order chi connectivity index (χ0) is 12.0. The second-order valence-corrected chi connectivity index (χ2v) is 4.55. The van der Waals surface area contributed by atoms with Crippen LogP contribution in [0.4, 0.5) is 0 Å². The molecule has 3 aromatic rings. The fraction of sp³-hybridized carbons (Fsp3) is 0.154. The van der Waals surface area contributed by atoms with Gasteiger partial charge in [0.15, 0.2) is 0 Å². The third-order valence-electron chi connectivity index (χ3n) is 2.89. The van der Waals surface area contributed by atoms with Crippen LogP contribution in [0.2, 0.25) is 5.02 Å². The first-order chi connectivity index (χ1) is 8.15. The summed E-state index contributed by atoms with van der Waals surface area (Å²) in [6, 6.07) is 7.85. The van der Waals surface area contributed by atoms with E-state index in [9.17, 15) is 0 Å². The summed E-state index contributed by atoms with van der Waals surface area (Å²) >= 11 is 5.97. The van der Waals surface area contributed by atoms with Gasteiger partial charge in [-0.2, -0.15) is 0 Å². The topological polar surface area (TPSA) is 41.8 Å². The van der Waals surface area contributed by atoms with E-state index >= 15 is 0 Å². The number of aromatic nitrogens is 2. The van der Waals surface area contributed by atoms with Gasteiger partial charge in [-0.25, -0.2) is 0 Å². The van der Waals surface area contributed by atoms with Crippen molar-refractivity contribution >= 4 is 22.5 Å². The molecule has 0 aliphatic rings. The molecule has 0 radical (unpaired) electrons. The summed E-state index contributed by atoms with van der Waals surface area (Å²) in [5.41, 5.74) is 3.99. The van der Waals surface area contributed by atoms with Crippen LogP contribution in [0.5, 0.6) is 0 Å². The number of nitrogens with one attached hydrogen (secondary N) is 1. The van der Waals surface area contributed by atoms with Gasteiger partial charge in [0.2, 0.25) is 0 Å². The molecule has 86 valence electrons. The normalized spacial score (nSPS) is 11.2. The summed E-state index contributed by atoms with van der Waals surface area (Å²) in [5.74, 6) is 0.820. The van der Waals surface area contributed by atoms with Crippen LogP contribution in [-0.2, 0) is 0 Å². The van der Waals surface area contributed by atoms with E-state index in [0.29, 0.717) is 0 Å². The van der Waals surface area contributed by atoms with E-state index in [0.717, 1.165) is 38.6 Å². The first-order valence-electron chi connectivity index (χ1n) is 5.36. The molecular formula is C13H11ClN2O. The molecular weight excluding hydrogens is 236 g/mol. The molecule has 0 aliphatic heterocycles. The number of aromatic amines is 1. The van der Waals surface area contributed by atoms with Crippen molar-refractivity contribution in [2.24, 2.45) is 0 Å². The first-order valence-corrected chi connectivity index (χ1v) is 5.74. The maximum absolute atomic E-state index is 5.97. The van der Waals surface area contributed by atoms with Gasteiger partial charge in [0.1, 0.15) is 5.76 Å². The predicted octanol–water partition coefficient (Wildman–Crippen LogP) is 4.09. The van der Waals surface area contributed by atoms with Crippen LogP contribution in [-0.4, -0.2) is 10.1 Å². The number of benzene rings is 1. The Bertz CT molecular complexity index is 677. The summed E-state index contributed by atoms with van der Waals surface area (Å²) in [6.45, 7) is 3.85. The minimum Gasteiger partial charge on any atom is -0.361 e. The van der Waals surface area contributed by atoms with Crippen molar-refractivity contribution in [2.75, 3.05) is 0 Å². The quantitative estimate of drug-likeness (QED) is 0.703. The minimum absolute atomic E-state index is 0.738. The Morgan fingerprint density at radius 1 is 1.24 bits per heavy atom. The average molecular weight is 247 g/mol. The van der Waals surface area contributed by atoms with Crippen LogP contribution in [0.25, 0.3) is 22.2 Å². The summed E-state index contributed by atoms with van der Waals surface area (Å²) in [4.78, 5) is 3.35. The Balaban J connectivity index is 2.25. The Kier molecular flexibility index (Phi) is 2.23. The molecule has 0 saturated carbocycles. The van der Waals surface area contributed by atoms with E-state index in [4.69, 9.17) is 16.1 Å². The highest BCUT2D eigenvalue weighted by Gasteiger charge is 2.13. The molecule has 0 spiro atoms. The van der Waals surface area contributed by atoms with Crippen molar-refractivity contribution in [1.82, 2.24) is 10.1 Å². The molecule has 0 aliphatic carbocycles. The molecule has 0 atom stereocenters. The van der Waals surface area contributed by atoms with E-state index in [1.165, 1.54) is 0 Å². The number of nitrogens with zero attached hydrogens (tertiary/aromatic N) is 1. The highest BCUT2D eigenvalue weighted by molar-refractivity contribution is 6.31. The number of hydrogen-bond donors (Lipinski definition) is 1. The second kappa shape index (κ2) is 3.64. The monoisotopic (exact) mass is 246 g/mol. The number of aryl methyl sites for hydroxylation is 2. The van der Waals surface area contributed by atoms with Gasteiger partial charge in [0.05, 0.1) is 17.0 Å². The molecule has 2 aromatic heterocycles. The van der Waals surface area contributed by atoms with Crippen LogP contribution in [0, 0.1) is 13.8 Å². The Hall–Kier alpha value is -1.74. The third-order valence-corrected chi connectivity index (χ3v) is 3.12. The summed E-state index contributed by atoms with van der Waals surface area (Å²) in [5, 5.41) is 5.79. The van der Waals surface area contributed by atoms with Crippen molar-refractivity contribution in [1.29, 1.82) is 0 Å². The Morgan fingerprint density at radius 3 is 2.76 bits per heavy atom. The van der Waals surface area contributed by atoms with Crippen molar-refractivity contribution in [2.45, 2.75) is 13.8 Å². The van der Waals surface area contributed by atoms with E-state index in [1.807, 2.05) is 32.0 Å². The summed E-state index contributed by atoms with van der Waals surface area (Å²) in [7, 11) is 0. The fourth-order valence-electron chi connectivity index (χ4n) is 2.11. The molecule has 3 nitrogen and oxygen atoms in total. The maximum atomic E-state index is 5.97. The molecule has 0 bridgehead atoms. The molecule has 4 heteroatoms. The number of rotatable bonds is 1. The van der Waals surface area contributed by atoms with Gasteiger partial charge in [0, 0.05) is 15.9 Å². The largest absolute Gasteiger partial charge is 0.361 e. The molecule has 3 rings (SSSR count). The van der Waals surface area contributed by atoms with Crippen LogP contribution in [0.15, 0.2) is 28.8 Å². The van der Waals surface area contributed by atoms with Crippen LogP contribution in [0.1, 0.15) is 11.5 Å². The molecule has 0 saturated heterocycles. The molecule has 1 aromatic carbocycles. The standard InChI is InChI=1S/C13H11ClN2O/c1-7-13(8(2)17-16-7)12-6-9-5-10(14)3-4-11(9)15-12/h3-6,15H,1-2H3. The highest BCUT2D eigenvalue weighted by atomic mass is 35.5. The molecule has 0 unspecified atom stereocenters. The molecule has 0 fully saturated rings. The zero-order valence-corrected chi connectivity index (χ0v) is 10.3. The summed E-state index contributed by atoms with van der Waals surface area (Å²) < 4.78 is 5.17. The SMILES string of the molecule is Cc1noc(C)c1-c1cc2cc(Cl)ccc2[nH]1. The van der Waals surface area contributed by atoms with Crippen molar-refractivity contribution < 1.29 is 4.52 Å². The lowest BCUT2D eigenvalue weighted by molar-refractivity contribution is 0.393. The van der Waals surface area contributed by atoms with Crippen molar-refractivity contribution in [3.8, 4) is 11.3 Å². The van der Waals surface area contributed by atoms with E-state index in [-0.39, 0.29) is 0 Å². The Morgan fingerprint density at radius 2 is 2.06 bits per heavy atom. The van der Waals surface area contributed by atoms with Gasteiger partial charge in [-0.15, -0.1) is 0 Å². The Labute approximate surface area is 103 Å². The number of H-pyrrole nitrogens is 1. The summed E-state index contributed by atoms with van der Waals surface area (Å²) in [6.07, 6.45) is 0. The van der Waals surface area contributed by atoms with E-state index in [1.54, 1.807) is 0 Å². The average Bonchev–Trinajstić information content (AvgIpc) is 2.81. The number of fused-ring (bicyclic) bond motifs is 1. The fourth-order valence-corrected chi connectivity index (χ4v) is 2.29. The highest BCUT2D eigenvalue weighted by Crippen LogP contribution is 2.30.